The average molecular weight is 253 g/mol. The fraction of sp³-hybridized carbons (Fsp3) is 0. The van der Waals surface area contributed by atoms with E-state index in [1.54, 1.807) is 6.07 Å². The molecule has 0 bridgehead atoms. The topological polar surface area (TPSA) is 50.9 Å². The van der Waals surface area contributed by atoms with Crippen molar-refractivity contribution < 1.29 is 4.39 Å². The van der Waals surface area contributed by atoms with Gasteiger partial charge in [0.2, 0.25) is 5.95 Å². The summed E-state index contributed by atoms with van der Waals surface area (Å²) in [5.74, 6) is 4.86. The zero-order chi connectivity index (χ0) is 7.56. The molecule has 0 aliphatic heterocycles. The monoisotopic (exact) mass is 253 g/mol. The fourth-order valence-corrected chi connectivity index (χ4v) is 0.976. The van der Waals surface area contributed by atoms with Gasteiger partial charge in [-0.1, -0.05) is 0 Å². The van der Waals surface area contributed by atoms with E-state index in [9.17, 15) is 4.39 Å². The Morgan fingerprint density at radius 3 is 2.80 bits per heavy atom. The lowest BCUT2D eigenvalue weighted by Gasteiger charge is -1.99. The van der Waals surface area contributed by atoms with Gasteiger partial charge in [0.05, 0.1) is 3.57 Å². The fourth-order valence-electron chi connectivity index (χ4n) is 0.520. The number of hydrazine groups is 1. The van der Waals surface area contributed by atoms with Crippen LogP contribution in [-0.4, -0.2) is 4.98 Å². The van der Waals surface area contributed by atoms with Gasteiger partial charge in [0.25, 0.3) is 0 Å². The van der Waals surface area contributed by atoms with Crippen molar-refractivity contribution >= 4 is 28.4 Å². The summed E-state index contributed by atoms with van der Waals surface area (Å²) in [5, 5.41) is 0. The van der Waals surface area contributed by atoms with Crippen LogP contribution in [0, 0.1) is 9.52 Å². The molecule has 0 fully saturated rings. The molecule has 3 nitrogen and oxygen atoms in total. The molecule has 0 aromatic carbocycles. The lowest BCUT2D eigenvalue weighted by atomic mass is 10.5. The minimum atomic E-state index is -0.534. The van der Waals surface area contributed by atoms with Gasteiger partial charge >= 0.3 is 0 Å². The van der Waals surface area contributed by atoms with Crippen LogP contribution in [0.5, 0.6) is 0 Å². The third-order valence-corrected chi connectivity index (χ3v) is 1.82. The summed E-state index contributed by atoms with van der Waals surface area (Å²) in [7, 11) is 0. The molecular formula is C5H5FIN3. The molecule has 5 heteroatoms. The Kier molecular flexibility index (Phi) is 2.39. The zero-order valence-electron chi connectivity index (χ0n) is 4.94. The summed E-state index contributed by atoms with van der Waals surface area (Å²) in [4.78, 5) is 3.48. The van der Waals surface area contributed by atoms with E-state index in [-0.39, 0.29) is 0 Å². The molecule has 10 heavy (non-hydrogen) atoms. The van der Waals surface area contributed by atoms with Crippen LogP contribution >= 0.6 is 22.6 Å². The third-order valence-electron chi connectivity index (χ3n) is 0.949. The standard InChI is InChI=1S/C5H5FIN3/c6-4-2-1-3(7)5(9-4)10-8/h1-2H,8H2,(H,9,10). The molecule has 0 saturated carbocycles. The number of anilines is 1. The van der Waals surface area contributed by atoms with Crippen molar-refractivity contribution in [1.82, 2.24) is 4.98 Å². The van der Waals surface area contributed by atoms with Gasteiger partial charge in [-0.05, 0) is 34.7 Å². The van der Waals surface area contributed by atoms with Crippen LogP contribution in [0.15, 0.2) is 12.1 Å². The summed E-state index contributed by atoms with van der Waals surface area (Å²) >= 11 is 2.01. The molecule has 54 valence electrons. The van der Waals surface area contributed by atoms with Crippen LogP contribution in [0.1, 0.15) is 0 Å². The number of nitrogen functional groups attached to an aromatic ring is 1. The Morgan fingerprint density at radius 1 is 1.60 bits per heavy atom. The van der Waals surface area contributed by atoms with Crippen LogP contribution in [0.2, 0.25) is 0 Å². The van der Waals surface area contributed by atoms with Gasteiger partial charge in [-0.15, -0.1) is 0 Å². The molecule has 0 amide bonds. The first-order valence-electron chi connectivity index (χ1n) is 2.52. The number of rotatable bonds is 1. The van der Waals surface area contributed by atoms with Crippen molar-refractivity contribution in [2.75, 3.05) is 5.43 Å². The van der Waals surface area contributed by atoms with Gasteiger partial charge < -0.3 is 5.43 Å². The van der Waals surface area contributed by atoms with E-state index >= 15 is 0 Å². The number of pyridine rings is 1. The van der Waals surface area contributed by atoms with E-state index in [0.29, 0.717) is 5.82 Å². The number of nitrogens with one attached hydrogen (secondary N) is 1. The molecule has 0 aliphatic rings. The zero-order valence-corrected chi connectivity index (χ0v) is 7.09. The normalized spacial score (nSPS) is 9.50. The summed E-state index contributed by atoms with van der Waals surface area (Å²) in [6.07, 6.45) is 0. The number of hydrogen-bond donors (Lipinski definition) is 2. The van der Waals surface area contributed by atoms with E-state index in [2.05, 4.69) is 10.4 Å². The first-order chi connectivity index (χ1) is 4.74. The molecule has 1 heterocycles. The maximum atomic E-state index is 12.3. The average Bonchev–Trinajstić information content (AvgIpc) is 1.94. The Balaban J connectivity index is 3.09. The lowest BCUT2D eigenvalue weighted by molar-refractivity contribution is 0.584. The second kappa shape index (κ2) is 3.11. The highest BCUT2D eigenvalue weighted by Crippen LogP contribution is 2.13. The summed E-state index contributed by atoms with van der Waals surface area (Å²) < 4.78 is 13.1. The first-order valence-corrected chi connectivity index (χ1v) is 3.60. The van der Waals surface area contributed by atoms with Crippen molar-refractivity contribution in [1.29, 1.82) is 0 Å². The first kappa shape index (κ1) is 7.67. The number of aromatic nitrogens is 1. The summed E-state index contributed by atoms with van der Waals surface area (Å²) in [5.41, 5.74) is 2.28. The Morgan fingerprint density at radius 2 is 2.30 bits per heavy atom. The van der Waals surface area contributed by atoms with E-state index in [1.807, 2.05) is 22.6 Å². The predicted octanol–water partition coefficient (Wildman–Crippen LogP) is 1.11. The van der Waals surface area contributed by atoms with Gasteiger partial charge in [0, 0.05) is 0 Å². The Bertz CT molecular complexity index is 240. The SMILES string of the molecule is NNc1nc(F)ccc1I. The number of nitrogens with zero attached hydrogens (tertiary/aromatic N) is 1. The summed E-state index contributed by atoms with van der Waals surface area (Å²) in [6.45, 7) is 0. The molecule has 0 saturated heterocycles. The van der Waals surface area contributed by atoms with Crippen molar-refractivity contribution in [2.24, 2.45) is 5.84 Å². The maximum absolute atomic E-state index is 12.3. The Labute approximate surface area is 70.9 Å². The minimum Gasteiger partial charge on any atom is -0.307 e. The molecule has 1 aromatic rings. The highest BCUT2D eigenvalue weighted by molar-refractivity contribution is 14.1. The second-order valence-electron chi connectivity index (χ2n) is 1.61. The van der Waals surface area contributed by atoms with Crippen molar-refractivity contribution in [3.8, 4) is 0 Å². The van der Waals surface area contributed by atoms with Gasteiger partial charge in [0.1, 0.15) is 0 Å². The van der Waals surface area contributed by atoms with Crippen LogP contribution in [0.3, 0.4) is 0 Å². The lowest BCUT2D eigenvalue weighted by Crippen LogP contribution is -2.10. The van der Waals surface area contributed by atoms with E-state index in [4.69, 9.17) is 5.84 Å². The predicted molar refractivity (Wildman–Crippen MR) is 44.7 cm³/mol. The van der Waals surface area contributed by atoms with Crippen LogP contribution in [-0.2, 0) is 0 Å². The van der Waals surface area contributed by atoms with Crippen molar-refractivity contribution in [3.05, 3.63) is 21.7 Å². The second-order valence-corrected chi connectivity index (χ2v) is 2.77. The molecule has 0 atom stereocenters. The Hall–Kier alpha value is -0.430. The third kappa shape index (κ3) is 1.54. The molecule has 1 aromatic heterocycles. The molecule has 0 unspecified atom stereocenters. The van der Waals surface area contributed by atoms with E-state index < -0.39 is 5.95 Å². The van der Waals surface area contributed by atoms with Crippen LogP contribution in [0.4, 0.5) is 10.2 Å². The molecule has 0 aliphatic carbocycles. The molecule has 3 N–H and O–H groups in total. The quantitative estimate of drug-likeness (QED) is 0.341. The van der Waals surface area contributed by atoms with E-state index in [0.717, 1.165) is 3.57 Å². The van der Waals surface area contributed by atoms with E-state index in [1.165, 1.54) is 6.07 Å². The molecule has 0 radical (unpaired) electrons. The molecule has 1 rings (SSSR count). The smallest absolute Gasteiger partial charge is 0.214 e. The maximum Gasteiger partial charge on any atom is 0.214 e. The highest BCUT2D eigenvalue weighted by Gasteiger charge is 1.99. The van der Waals surface area contributed by atoms with Crippen LogP contribution < -0.4 is 11.3 Å². The largest absolute Gasteiger partial charge is 0.307 e. The van der Waals surface area contributed by atoms with Gasteiger partial charge in [-0.2, -0.15) is 4.39 Å². The van der Waals surface area contributed by atoms with Gasteiger partial charge in [-0.25, -0.2) is 10.8 Å². The number of hydrogen-bond acceptors (Lipinski definition) is 3. The van der Waals surface area contributed by atoms with Gasteiger partial charge in [-0.3, -0.25) is 0 Å². The minimum absolute atomic E-state index is 0.362. The number of halogens is 2. The number of nitrogens with two attached hydrogens (primary N) is 1. The molecule has 0 spiro atoms. The highest BCUT2D eigenvalue weighted by atomic mass is 127. The van der Waals surface area contributed by atoms with Crippen molar-refractivity contribution in [2.45, 2.75) is 0 Å². The summed E-state index contributed by atoms with van der Waals surface area (Å²) in [6, 6.07) is 2.88. The van der Waals surface area contributed by atoms with Gasteiger partial charge in [0.15, 0.2) is 5.82 Å². The molecular weight excluding hydrogens is 248 g/mol. The van der Waals surface area contributed by atoms with Crippen molar-refractivity contribution in [3.63, 3.8) is 0 Å². The van der Waals surface area contributed by atoms with Crippen LogP contribution in [0.25, 0.3) is 0 Å².